The van der Waals surface area contributed by atoms with Crippen LogP contribution in [0.1, 0.15) is 10.6 Å². The van der Waals surface area contributed by atoms with Gasteiger partial charge in [0.25, 0.3) is 0 Å². The van der Waals surface area contributed by atoms with E-state index in [9.17, 15) is 9.50 Å². The Hall–Kier alpha value is -3.06. The van der Waals surface area contributed by atoms with Gasteiger partial charge in [0, 0.05) is 29.9 Å². The standard InChI is InChI=1S/C19H15FN4OS/c20-14-5-3-13(4-6-14)15-11-26-19(23-15)17-16(25)10-24(18(17)21)9-12-2-1-7-22-8-12/h1-8,11,21,25H,9-10H2. The van der Waals surface area contributed by atoms with Gasteiger partial charge in [-0.1, -0.05) is 6.07 Å². The molecule has 4 rings (SSSR count). The maximum Gasteiger partial charge on any atom is 0.135 e. The van der Waals surface area contributed by atoms with E-state index in [-0.39, 0.29) is 24.0 Å². The topological polar surface area (TPSA) is 73.1 Å². The summed E-state index contributed by atoms with van der Waals surface area (Å²) < 4.78 is 13.1. The normalized spacial score (nSPS) is 14.3. The number of hydrogen-bond donors (Lipinski definition) is 2. The van der Waals surface area contributed by atoms with Crippen molar-refractivity contribution in [3.8, 4) is 11.3 Å². The molecular weight excluding hydrogens is 351 g/mol. The quantitative estimate of drug-likeness (QED) is 0.729. The van der Waals surface area contributed by atoms with Crippen LogP contribution in [0.15, 0.2) is 59.9 Å². The van der Waals surface area contributed by atoms with Crippen LogP contribution in [0.4, 0.5) is 4.39 Å². The van der Waals surface area contributed by atoms with Crippen molar-refractivity contribution in [3.63, 3.8) is 0 Å². The van der Waals surface area contributed by atoms with Crippen molar-refractivity contribution in [2.24, 2.45) is 0 Å². The predicted molar refractivity (Wildman–Crippen MR) is 99.4 cm³/mol. The molecule has 0 fully saturated rings. The van der Waals surface area contributed by atoms with Crippen LogP contribution >= 0.6 is 11.3 Å². The number of aromatic nitrogens is 2. The Morgan fingerprint density at radius 2 is 2.04 bits per heavy atom. The molecule has 0 atom stereocenters. The summed E-state index contributed by atoms with van der Waals surface area (Å²) in [5.74, 6) is 0.0819. The first-order chi connectivity index (χ1) is 12.6. The lowest BCUT2D eigenvalue weighted by Gasteiger charge is -2.18. The molecule has 2 N–H and O–H groups in total. The highest BCUT2D eigenvalue weighted by atomic mass is 32.1. The molecule has 2 aromatic heterocycles. The number of hydrogen-bond acceptors (Lipinski definition) is 5. The highest BCUT2D eigenvalue weighted by molar-refractivity contribution is 7.11. The Bertz CT molecular complexity index is 982. The Balaban J connectivity index is 1.57. The number of nitrogens with zero attached hydrogens (tertiary/aromatic N) is 3. The van der Waals surface area contributed by atoms with Gasteiger partial charge in [0.2, 0.25) is 0 Å². The van der Waals surface area contributed by atoms with E-state index in [1.807, 2.05) is 17.5 Å². The van der Waals surface area contributed by atoms with Crippen LogP contribution in [0.25, 0.3) is 16.8 Å². The fraction of sp³-hybridized carbons (Fsp3) is 0.105. The molecular formula is C19H15FN4OS. The number of rotatable bonds is 4. The van der Waals surface area contributed by atoms with Crippen LogP contribution in [0, 0.1) is 11.2 Å². The molecule has 0 bridgehead atoms. The summed E-state index contributed by atoms with van der Waals surface area (Å²) in [4.78, 5) is 10.4. The summed E-state index contributed by atoms with van der Waals surface area (Å²) >= 11 is 1.36. The van der Waals surface area contributed by atoms with Crippen molar-refractivity contribution < 1.29 is 9.50 Å². The van der Waals surface area contributed by atoms with E-state index in [0.717, 1.165) is 11.1 Å². The van der Waals surface area contributed by atoms with E-state index >= 15 is 0 Å². The first kappa shape index (κ1) is 16.4. The lowest BCUT2D eigenvalue weighted by Crippen LogP contribution is -2.26. The number of halogens is 1. The Morgan fingerprint density at radius 1 is 1.23 bits per heavy atom. The predicted octanol–water partition coefficient (Wildman–Crippen LogP) is 4.11. The number of amidine groups is 1. The fourth-order valence-electron chi connectivity index (χ4n) is 2.85. The fourth-order valence-corrected chi connectivity index (χ4v) is 3.74. The van der Waals surface area contributed by atoms with Gasteiger partial charge < -0.3 is 10.0 Å². The zero-order valence-electron chi connectivity index (χ0n) is 13.7. The molecule has 0 amide bonds. The van der Waals surface area contributed by atoms with E-state index in [1.54, 1.807) is 29.4 Å². The van der Waals surface area contributed by atoms with Gasteiger partial charge in [0.1, 0.15) is 22.4 Å². The second-order valence-corrected chi connectivity index (χ2v) is 6.79. The monoisotopic (exact) mass is 366 g/mol. The van der Waals surface area contributed by atoms with Gasteiger partial charge in [-0.25, -0.2) is 9.37 Å². The van der Waals surface area contributed by atoms with Crippen molar-refractivity contribution >= 4 is 22.7 Å². The molecule has 7 heteroatoms. The van der Waals surface area contributed by atoms with E-state index < -0.39 is 0 Å². The molecule has 1 aromatic carbocycles. The Labute approximate surface area is 153 Å². The molecule has 26 heavy (non-hydrogen) atoms. The number of nitrogens with one attached hydrogen (secondary N) is 1. The van der Waals surface area contributed by atoms with Gasteiger partial charge in [-0.05, 0) is 35.9 Å². The average molecular weight is 366 g/mol. The average Bonchev–Trinajstić information content (AvgIpc) is 3.22. The zero-order valence-corrected chi connectivity index (χ0v) is 14.5. The van der Waals surface area contributed by atoms with Gasteiger partial charge in [-0.15, -0.1) is 11.3 Å². The largest absolute Gasteiger partial charge is 0.510 e. The molecule has 0 spiro atoms. The number of thiazole rings is 1. The van der Waals surface area contributed by atoms with Crippen molar-refractivity contribution in [3.05, 3.63) is 76.3 Å². The van der Waals surface area contributed by atoms with Crippen molar-refractivity contribution in [1.82, 2.24) is 14.9 Å². The molecule has 5 nitrogen and oxygen atoms in total. The summed E-state index contributed by atoms with van der Waals surface area (Å²) in [6.45, 7) is 0.769. The lowest BCUT2D eigenvalue weighted by molar-refractivity contribution is 0.347. The van der Waals surface area contributed by atoms with Crippen LogP contribution < -0.4 is 0 Å². The summed E-state index contributed by atoms with van der Waals surface area (Å²) in [7, 11) is 0. The minimum atomic E-state index is -0.298. The van der Waals surface area contributed by atoms with Gasteiger partial charge in [-0.3, -0.25) is 10.4 Å². The number of pyridine rings is 1. The third kappa shape index (κ3) is 3.09. The van der Waals surface area contributed by atoms with E-state index in [1.165, 1.54) is 23.5 Å². The molecule has 1 aliphatic heterocycles. The van der Waals surface area contributed by atoms with E-state index in [4.69, 9.17) is 5.41 Å². The number of aliphatic hydroxyl groups excluding tert-OH is 1. The first-order valence-electron chi connectivity index (χ1n) is 7.98. The van der Waals surface area contributed by atoms with Crippen LogP contribution in [0.5, 0.6) is 0 Å². The van der Waals surface area contributed by atoms with Crippen molar-refractivity contribution in [2.45, 2.75) is 6.54 Å². The van der Waals surface area contributed by atoms with Crippen molar-refractivity contribution in [2.75, 3.05) is 6.54 Å². The number of benzene rings is 1. The SMILES string of the molecule is N=C1C(c2nc(-c3ccc(F)cc3)cs2)=C(O)CN1Cc1cccnc1. The molecule has 3 aromatic rings. The number of aliphatic hydroxyl groups is 1. The molecule has 0 aliphatic carbocycles. The first-order valence-corrected chi connectivity index (χ1v) is 8.86. The maximum absolute atomic E-state index is 13.1. The minimum Gasteiger partial charge on any atom is -0.510 e. The molecule has 1 aliphatic rings. The molecule has 0 radical (unpaired) electrons. The van der Waals surface area contributed by atoms with E-state index in [0.29, 0.717) is 22.8 Å². The highest BCUT2D eigenvalue weighted by Gasteiger charge is 2.30. The summed E-state index contributed by atoms with van der Waals surface area (Å²) in [5.41, 5.74) is 2.92. The highest BCUT2D eigenvalue weighted by Crippen LogP contribution is 2.32. The van der Waals surface area contributed by atoms with Crippen LogP contribution in [0.2, 0.25) is 0 Å². The molecule has 0 unspecified atom stereocenters. The van der Waals surface area contributed by atoms with Gasteiger partial charge in [0.05, 0.1) is 17.8 Å². The summed E-state index contributed by atoms with van der Waals surface area (Å²) in [5, 5.41) is 21.2. The maximum atomic E-state index is 13.1. The smallest absolute Gasteiger partial charge is 0.135 e. The third-order valence-corrected chi connectivity index (χ3v) is 5.00. The molecule has 0 saturated heterocycles. The molecule has 3 heterocycles. The van der Waals surface area contributed by atoms with E-state index in [2.05, 4.69) is 9.97 Å². The van der Waals surface area contributed by atoms with Crippen molar-refractivity contribution in [1.29, 1.82) is 5.41 Å². The minimum absolute atomic E-state index is 0.138. The Morgan fingerprint density at radius 3 is 2.77 bits per heavy atom. The Kier molecular flexibility index (Phi) is 4.22. The van der Waals surface area contributed by atoms with Crippen LogP contribution in [-0.2, 0) is 6.54 Å². The van der Waals surface area contributed by atoms with Crippen LogP contribution in [0.3, 0.4) is 0 Å². The second kappa shape index (κ2) is 6.68. The third-order valence-electron chi connectivity index (χ3n) is 4.14. The van der Waals surface area contributed by atoms with Gasteiger partial charge >= 0.3 is 0 Å². The van der Waals surface area contributed by atoms with Gasteiger partial charge in [-0.2, -0.15) is 0 Å². The van der Waals surface area contributed by atoms with Crippen LogP contribution in [-0.4, -0.2) is 32.4 Å². The zero-order chi connectivity index (χ0) is 18.1. The van der Waals surface area contributed by atoms with Gasteiger partial charge in [0.15, 0.2) is 0 Å². The molecule has 130 valence electrons. The summed E-state index contributed by atoms with van der Waals surface area (Å²) in [6, 6.07) is 9.88. The molecule has 0 saturated carbocycles. The lowest BCUT2D eigenvalue weighted by atomic mass is 10.2. The summed E-state index contributed by atoms with van der Waals surface area (Å²) in [6.07, 6.45) is 3.45. The second-order valence-electron chi connectivity index (χ2n) is 5.93.